The van der Waals surface area contributed by atoms with Gasteiger partial charge in [-0.2, -0.15) is 0 Å². The normalized spacial score (nSPS) is 10.4. The van der Waals surface area contributed by atoms with Crippen LogP contribution >= 0.6 is 0 Å². The lowest BCUT2D eigenvalue weighted by atomic mass is 10.1. The van der Waals surface area contributed by atoms with Crippen molar-refractivity contribution in [3.63, 3.8) is 0 Å². The number of carbonyl (C=O) groups excluding carboxylic acids is 1. The molecule has 5 heteroatoms. The van der Waals surface area contributed by atoms with Crippen molar-refractivity contribution < 1.29 is 4.79 Å². The number of aliphatic imine (C=N–C) groups is 1. The first kappa shape index (κ1) is 20.7. The van der Waals surface area contributed by atoms with Gasteiger partial charge in [-0.3, -0.25) is 9.79 Å². The molecule has 0 aromatic heterocycles. The molecule has 0 bridgehead atoms. The van der Waals surface area contributed by atoms with Gasteiger partial charge < -0.3 is 16.8 Å². The standard InChI is InChI=1S/C17H36N4O/c1-2-3-4-5-6-7-8-9-11-14-20-16(22)13-10-12-15-21-17(18)19/h2-15H2,1H3,(H,20,22)(H4,18,19,21). The summed E-state index contributed by atoms with van der Waals surface area (Å²) in [6.45, 7) is 3.66. The van der Waals surface area contributed by atoms with Gasteiger partial charge in [0.15, 0.2) is 5.96 Å². The van der Waals surface area contributed by atoms with Crippen LogP contribution < -0.4 is 16.8 Å². The number of hydrogen-bond donors (Lipinski definition) is 3. The van der Waals surface area contributed by atoms with Crippen LogP contribution in [0.25, 0.3) is 0 Å². The van der Waals surface area contributed by atoms with Crippen LogP contribution in [0.2, 0.25) is 0 Å². The summed E-state index contributed by atoms with van der Waals surface area (Å²) in [5, 5.41) is 2.98. The van der Waals surface area contributed by atoms with Crippen molar-refractivity contribution in [3.05, 3.63) is 0 Å². The Morgan fingerprint density at radius 2 is 1.45 bits per heavy atom. The van der Waals surface area contributed by atoms with E-state index < -0.39 is 0 Å². The Hall–Kier alpha value is -1.26. The van der Waals surface area contributed by atoms with E-state index in [1.807, 2.05) is 0 Å². The number of nitrogens with two attached hydrogens (primary N) is 2. The summed E-state index contributed by atoms with van der Waals surface area (Å²) in [7, 11) is 0. The van der Waals surface area contributed by atoms with E-state index >= 15 is 0 Å². The second kappa shape index (κ2) is 16.1. The summed E-state index contributed by atoms with van der Waals surface area (Å²) < 4.78 is 0. The second-order valence-corrected chi connectivity index (χ2v) is 5.94. The molecule has 0 aromatic rings. The molecule has 5 nitrogen and oxygen atoms in total. The Kier molecular flexibility index (Phi) is 15.2. The van der Waals surface area contributed by atoms with E-state index in [1.165, 1.54) is 51.4 Å². The Labute approximate surface area is 136 Å². The van der Waals surface area contributed by atoms with Gasteiger partial charge in [-0.1, -0.05) is 58.3 Å². The van der Waals surface area contributed by atoms with E-state index in [-0.39, 0.29) is 11.9 Å². The molecule has 22 heavy (non-hydrogen) atoms. The first-order valence-electron chi connectivity index (χ1n) is 8.99. The number of nitrogens with zero attached hydrogens (tertiary/aromatic N) is 1. The minimum atomic E-state index is 0.120. The highest BCUT2D eigenvalue weighted by molar-refractivity contribution is 5.76. The van der Waals surface area contributed by atoms with Gasteiger partial charge in [0.2, 0.25) is 5.91 Å². The largest absolute Gasteiger partial charge is 0.370 e. The van der Waals surface area contributed by atoms with Gasteiger partial charge in [-0.15, -0.1) is 0 Å². The van der Waals surface area contributed by atoms with Crippen molar-refractivity contribution in [1.82, 2.24) is 5.32 Å². The molecule has 0 aromatic carbocycles. The third kappa shape index (κ3) is 16.8. The molecule has 0 aliphatic heterocycles. The number of unbranched alkanes of at least 4 members (excludes halogenated alkanes) is 9. The molecule has 5 N–H and O–H groups in total. The average molecular weight is 313 g/mol. The molecule has 1 amide bonds. The van der Waals surface area contributed by atoms with E-state index in [4.69, 9.17) is 11.5 Å². The van der Waals surface area contributed by atoms with Gasteiger partial charge in [0.25, 0.3) is 0 Å². The molecule has 0 radical (unpaired) electrons. The van der Waals surface area contributed by atoms with Crippen LogP contribution in [0.5, 0.6) is 0 Å². The fraction of sp³-hybridized carbons (Fsp3) is 0.882. The molecule has 0 rings (SSSR count). The number of hydrogen-bond acceptors (Lipinski definition) is 2. The van der Waals surface area contributed by atoms with E-state index in [0.717, 1.165) is 25.8 Å². The Balaban J connectivity index is 3.20. The molecular formula is C17H36N4O. The lowest BCUT2D eigenvalue weighted by Gasteiger charge is -2.05. The summed E-state index contributed by atoms with van der Waals surface area (Å²) in [5.41, 5.74) is 10.5. The molecule has 130 valence electrons. The summed E-state index contributed by atoms with van der Waals surface area (Å²) >= 11 is 0. The zero-order valence-corrected chi connectivity index (χ0v) is 14.4. The third-order valence-corrected chi connectivity index (χ3v) is 3.71. The fourth-order valence-electron chi connectivity index (χ4n) is 2.36. The lowest BCUT2D eigenvalue weighted by molar-refractivity contribution is -0.121. The van der Waals surface area contributed by atoms with Gasteiger partial charge in [-0.25, -0.2) is 0 Å². The maximum absolute atomic E-state index is 11.6. The lowest BCUT2D eigenvalue weighted by Crippen LogP contribution is -2.24. The monoisotopic (exact) mass is 312 g/mol. The van der Waals surface area contributed by atoms with Crippen molar-refractivity contribution in [2.75, 3.05) is 13.1 Å². The first-order chi connectivity index (χ1) is 10.7. The van der Waals surface area contributed by atoms with Gasteiger partial charge in [0, 0.05) is 19.5 Å². The molecule has 0 fully saturated rings. The Bertz CT molecular complexity index is 288. The summed E-state index contributed by atoms with van der Waals surface area (Å²) in [5.74, 6) is 0.263. The smallest absolute Gasteiger partial charge is 0.219 e. The zero-order valence-electron chi connectivity index (χ0n) is 14.4. The number of guanidine groups is 1. The maximum atomic E-state index is 11.6. The number of carbonyl (C=O) groups is 1. The predicted octanol–water partition coefficient (Wildman–Crippen LogP) is 3.08. The van der Waals surface area contributed by atoms with Crippen LogP contribution in [-0.4, -0.2) is 25.0 Å². The minimum absolute atomic E-state index is 0.120. The average Bonchev–Trinajstić information content (AvgIpc) is 2.48. The first-order valence-corrected chi connectivity index (χ1v) is 8.99. The van der Waals surface area contributed by atoms with Gasteiger partial charge in [-0.05, 0) is 19.3 Å². The molecular weight excluding hydrogens is 276 g/mol. The van der Waals surface area contributed by atoms with Crippen LogP contribution in [0.4, 0.5) is 0 Å². The zero-order chi connectivity index (χ0) is 16.5. The quantitative estimate of drug-likeness (QED) is 0.246. The minimum Gasteiger partial charge on any atom is -0.370 e. The molecule has 0 saturated carbocycles. The van der Waals surface area contributed by atoms with E-state index in [0.29, 0.717) is 13.0 Å². The van der Waals surface area contributed by atoms with Crippen LogP contribution in [0.15, 0.2) is 4.99 Å². The van der Waals surface area contributed by atoms with Crippen molar-refractivity contribution >= 4 is 11.9 Å². The number of nitrogens with one attached hydrogen (secondary N) is 1. The molecule has 0 aliphatic rings. The Morgan fingerprint density at radius 1 is 0.864 bits per heavy atom. The molecule has 0 saturated heterocycles. The van der Waals surface area contributed by atoms with Gasteiger partial charge in [0.05, 0.1) is 0 Å². The number of rotatable bonds is 15. The highest BCUT2D eigenvalue weighted by Gasteiger charge is 2.00. The third-order valence-electron chi connectivity index (χ3n) is 3.71. The van der Waals surface area contributed by atoms with E-state index in [1.54, 1.807) is 0 Å². The van der Waals surface area contributed by atoms with Crippen LogP contribution in [0.3, 0.4) is 0 Å². The summed E-state index contributed by atoms with van der Waals surface area (Å²) in [4.78, 5) is 15.5. The van der Waals surface area contributed by atoms with E-state index in [2.05, 4.69) is 17.2 Å². The highest BCUT2D eigenvalue weighted by Crippen LogP contribution is 2.09. The fourth-order valence-corrected chi connectivity index (χ4v) is 2.36. The topological polar surface area (TPSA) is 93.5 Å². The van der Waals surface area contributed by atoms with Crippen molar-refractivity contribution in [3.8, 4) is 0 Å². The number of amides is 1. The predicted molar refractivity (Wildman–Crippen MR) is 94.8 cm³/mol. The summed E-state index contributed by atoms with van der Waals surface area (Å²) in [6.07, 6.45) is 14.0. The van der Waals surface area contributed by atoms with Gasteiger partial charge in [0.1, 0.15) is 0 Å². The Morgan fingerprint density at radius 3 is 2.05 bits per heavy atom. The van der Waals surface area contributed by atoms with Crippen molar-refractivity contribution in [2.24, 2.45) is 16.5 Å². The molecule has 0 atom stereocenters. The molecule has 0 unspecified atom stereocenters. The highest BCUT2D eigenvalue weighted by atomic mass is 16.1. The summed E-state index contributed by atoms with van der Waals surface area (Å²) in [6, 6.07) is 0. The molecule has 0 aliphatic carbocycles. The van der Waals surface area contributed by atoms with Crippen molar-refractivity contribution in [2.45, 2.75) is 84.0 Å². The van der Waals surface area contributed by atoms with Crippen molar-refractivity contribution in [1.29, 1.82) is 0 Å². The van der Waals surface area contributed by atoms with Crippen LogP contribution in [0.1, 0.15) is 84.0 Å². The second-order valence-electron chi connectivity index (χ2n) is 5.94. The van der Waals surface area contributed by atoms with E-state index in [9.17, 15) is 4.79 Å². The van der Waals surface area contributed by atoms with Gasteiger partial charge >= 0.3 is 0 Å². The molecule has 0 spiro atoms. The SMILES string of the molecule is CCCCCCCCCCCNC(=O)CCCCN=C(N)N. The van der Waals surface area contributed by atoms with Crippen LogP contribution in [0, 0.1) is 0 Å². The van der Waals surface area contributed by atoms with Crippen LogP contribution in [-0.2, 0) is 4.79 Å². The maximum Gasteiger partial charge on any atom is 0.219 e. The molecule has 0 heterocycles.